The highest BCUT2D eigenvalue weighted by Gasteiger charge is 2.33. The molecule has 0 atom stereocenters. The number of anilines is 2. The zero-order valence-corrected chi connectivity index (χ0v) is 20.1. The first kappa shape index (κ1) is 22.6. The third-order valence-electron chi connectivity index (χ3n) is 6.52. The summed E-state index contributed by atoms with van der Waals surface area (Å²) in [7, 11) is 0. The summed E-state index contributed by atoms with van der Waals surface area (Å²) in [6, 6.07) is 31.0. The first-order valence-electron chi connectivity index (χ1n) is 11.8. The molecule has 174 valence electrons. The van der Waals surface area contributed by atoms with Crippen LogP contribution in [0, 0.1) is 0 Å². The predicted octanol–water partition coefficient (Wildman–Crippen LogP) is 6.99. The minimum atomic E-state index is -0.349. The first-order valence-corrected chi connectivity index (χ1v) is 11.8. The van der Waals surface area contributed by atoms with E-state index in [1.807, 2.05) is 72.8 Å². The summed E-state index contributed by atoms with van der Waals surface area (Å²) in [5, 5.41) is 5.97. The molecule has 0 unspecified atom stereocenters. The van der Waals surface area contributed by atoms with Crippen molar-refractivity contribution in [2.75, 3.05) is 10.6 Å². The smallest absolute Gasteiger partial charge is 0.255 e. The van der Waals surface area contributed by atoms with Gasteiger partial charge in [-0.25, -0.2) is 0 Å². The number of fused-ring (bicyclic) bond motifs is 3. The molecular formula is C31H28N2O2. The van der Waals surface area contributed by atoms with E-state index < -0.39 is 0 Å². The highest BCUT2D eigenvalue weighted by atomic mass is 16.2. The van der Waals surface area contributed by atoms with Gasteiger partial charge in [-0.2, -0.15) is 0 Å². The minimum Gasteiger partial charge on any atom is -0.325 e. The van der Waals surface area contributed by atoms with Gasteiger partial charge in [0.25, 0.3) is 5.91 Å². The molecule has 5 rings (SSSR count). The van der Waals surface area contributed by atoms with Crippen LogP contribution in [0.1, 0.15) is 53.7 Å². The maximum absolute atomic E-state index is 13.3. The Bertz CT molecular complexity index is 1350. The van der Waals surface area contributed by atoms with E-state index in [4.69, 9.17) is 0 Å². The van der Waals surface area contributed by atoms with Crippen molar-refractivity contribution in [3.63, 3.8) is 0 Å². The van der Waals surface area contributed by atoms with Gasteiger partial charge in [-0.15, -0.1) is 0 Å². The second-order valence-corrected chi connectivity index (χ2v) is 9.96. The topological polar surface area (TPSA) is 58.2 Å². The molecule has 0 saturated carbocycles. The quantitative estimate of drug-likeness (QED) is 0.345. The van der Waals surface area contributed by atoms with Crippen LogP contribution in [0.25, 0.3) is 11.1 Å². The fourth-order valence-corrected chi connectivity index (χ4v) is 4.61. The van der Waals surface area contributed by atoms with Gasteiger partial charge < -0.3 is 10.6 Å². The van der Waals surface area contributed by atoms with E-state index >= 15 is 0 Å². The lowest BCUT2D eigenvalue weighted by molar-refractivity contribution is -0.116. The molecule has 4 aromatic rings. The third-order valence-corrected chi connectivity index (χ3v) is 6.52. The van der Waals surface area contributed by atoms with Crippen molar-refractivity contribution in [2.24, 2.45) is 0 Å². The van der Waals surface area contributed by atoms with Crippen LogP contribution < -0.4 is 10.6 Å². The van der Waals surface area contributed by atoms with Crippen LogP contribution in [0.15, 0.2) is 97.1 Å². The Morgan fingerprint density at radius 1 is 0.629 bits per heavy atom. The zero-order chi connectivity index (χ0) is 24.6. The molecule has 0 aliphatic heterocycles. The van der Waals surface area contributed by atoms with Gasteiger partial charge in [-0.3, -0.25) is 9.59 Å². The Morgan fingerprint density at radius 3 is 1.63 bits per heavy atom. The summed E-state index contributed by atoms with van der Waals surface area (Å²) >= 11 is 0. The molecule has 35 heavy (non-hydrogen) atoms. The van der Waals surface area contributed by atoms with E-state index in [0.29, 0.717) is 16.9 Å². The third kappa shape index (κ3) is 4.47. The van der Waals surface area contributed by atoms with Crippen LogP contribution in [0.5, 0.6) is 0 Å². The van der Waals surface area contributed by atoms with E-state index in [-0.39, 0.29) is 23.1 Å². The largest absolute Gasteiger partial charge is 0.325 e. The maximum atomic E-state index is 13.3. The van der Waals surface area contributed by atoms with E-state index in [2.05, 4.69) is 43.5 Å². The van der Waals surface area contributed by atoms with Gasteiger partial charge in [-0.1, -0.05) is 81.4 Å². The van der Waals surface area contributed by atoms with Gasteiger partial charge in [0.05, 0.1) is 5.92 Å². The van der Waals surface area contributed by atoms with Gasteiger partial charge in [0, 0.05) is 16.9 Å². The van der Waals surface area contributed by atoms with E-state index in [1.54, 1.807) is 12.1 Å². The number of benzene rings is 4. The van der Waals surface area contributed by atoms with E-state index in [0.717, 1.165) is 22.3 Å². The van der Waals surface area contributed by atoms with Crippen LogP contribution in [0.3, 0.4) is 0 Å². The lowest BCUT2D eigenvalue weighted by Gasteiger charge is -2.19. The standard InChI is InChI=1S/C31H28N2O2/c1-31(2,3)21-14-12-20(13-15-21)29(34)32-22-16-18-23(19-17-22)33-30(35)28-26-10-6-4-8-24(26)25-9-5-7-11-27(25)28/h4-19,28H,1-3H3,(H,32,34)(H,33,35). The van der Waals surface area contributed by atoms with Crippen LogP contribution in [0.4, 0.5) is 11.4 Å². The van der Waals surface area contributed by atoms with Crippen molar-refractivity contribution in [2.45, 2.75) is 32.1 Å². The lowest BCUT2D eigenvalue weighted by atomic mass is 9.87. The molecule has 0 saturated heterocycles. The second kappa shape index (κ2) is 8.88. The molecule has 1 aliphatic carbocycles. The van der Waals surface area contributed by atoms with Crippen molar-refractivity contribution in [1.29, 1.82) is 0 Å². The zero-order valence-electron chi connectivity index (χ0n) is 20.1. The fourth-order valence-electron chi connectivity index (χ4n) is 4.61. The Kier molecular flexibility index (Phi) is 5.73. The SMILES string of the molecule is CC(C)(C)c1ccc(C(=O)Nc2ccc(NC(=O)C3c4ccccc4-c4ccccc43)cc2)cc1. The Labute approximate surface area is 206 Å². The molecule has 4 nitrogen and oxygen atoms in total. The maximum Gasteiger partial charge on any atom is 0.255 e. The Morgan fingerprint density at radius 2 is 1.11 bits per heavy atom. The number of carbonyl (C=O) groups excluding carboxylic acids is 2. The van der Waals surface area contributed by atoms with Crippen LogP contribution in [0.2, 0.25) is 0 Å². The van der Waals surface area contributed by atoms with Crippen molar-refractivity contribution >= 4 is 23.2 Å². The monoisotopic (exact) mass is 460 g/mol. The van der Waals surface area contributed by atoms with Gasteiger partial charge in [0.2, 0.25) is 5.91 Å². The molecular weight excluding hydrogens is 432 g/mol. The normalized spacial score (nSPS) is 12.5. The molecule has 4 heteroatoms. The molecule has 0 radical (unpaired) electrons. The minimum absolute atomic E-state index is 0.0396. The lowest BCUT2D eigenvalue weighted by Crippen LogP contribution is -2.20. The van der Waals surface area contributed by atoms with E-state index in [1.165, 1.54) is 5.56 Å². The molecule has 0 spiro atoms. The number of hydrogen-bond donors (Lipinski definition) is 2. The predicted molar refractivity (Wildman–Crippen MR) is 142 cm³/mol. The molecule has 2 amide bonds. The highest BCUT2D eigenvalue weighted by molar-refractivity contribution is 6.05. The molecule has 0 heterocycles. The highest BCUT2D eigenvalue weighted by Crippen LogP contribution is 2.44. The van der Waals surface area contributed by atoms with Crippen molar-refractivity contribution < 1.29 is 9.59 Å². The van der Waals surface area contributed by atoms with Gasteiger partial charge >= 0.3 is 0 Å². The molecule has 0 fully saturated rings. The molecule has 0 aromatic heterocycles. The van der Waals surface area contributed by atoms with Crippen LogP contribution >= 0.6 is 0 Å². The van der Waals surface area contributed by atoms with Crippen molar-refractivity contribution in [3.05, 3.63) is 119 Å². The van der Waals surface area contributed by atoms with Crippen LogP contribution in [-0.4, -0.2) is 11.8 Å². The summed E-state index contributed by atoms with van der Waals surface area (Å²) in [6.07, 6.45) is 0. The molecule has 0 bridgehead atoms. The van der Waals surface area contributed by atoms with Crippen LogP contribution in [-0.2, 0) is 10.2 Å². The number of nitrogens with one attached hydrogen (secondary N) is 2. The van der Waals surface area contributed by atoms with Gasteiger partial charge in [-0.05, 0) is 69.6 Å². The summed E-state index contributed by atoms with van der Waals surface area (Å²) < 4.78 is 0. The average Bonchev–Trinajstić information content (AvgIpc) is 3.19. The van der Waals surface area contributed by atoms with Gasteiger partial charge in [0.1, 0.15) is 0 Å². The van der Waals surface area contributed by atoms with Gasteiger partial charge in [0.15, 0.2) is 0 Å². The summed E-state index contributed by atoms with van der Waals surface area (Å²) in [6.45, 7) is 6.44. The molecule has 2 N–H and O–H groups in total. The molecule has 4 aromatic carbocycles. The first-order chi connectivity index (χ1) is 16.8. The van der Waals surface area contributed by atoms with Crippen molar-refractivity contribution in [3.8, 4) is 11.1 Å². The molecule has 1 aliphatic rings. The summed E-state index contributed by atoms with van der Waals surface area (Å²) in [5.74, 6) is -0.586. The van der Waals surface area contributed by atoms with E-state index in [9.17, 15) is 9.59 Å². The summed E-state index contributed by atoms with van der Waals surface area (Å²) in [5.41, 5.74) is 7.44. The summed E-state index contributed by atoms with van der Waals surface area (Å²) in [4.78, 5) is 26.0. The fraction of sp³-hybridized carbons (Fsp3) is 0.161. The Hall–Kier alpha value is -4.18. The second-order valence-electron chi connectivity index (χ2n) is 9.96. The van der Waals surface area contributed by atoms with Crippen molar-refractivity contribution in [1.82, 2.24) is 0 Å². The number of carbonyl (C=O) groups is 2. The number of hydrogen-bond acceptors (Lipinski definition) is 2. The average molecular weight is 461 g/mol. The number of amides is 2. The Balaban J connectivity index is 1.28. The number of rotatable bonds is 4.